The van der Waals surface area contributed by atoms with Gasteiger partial charge < -0.3 is 0 Å². The monoisotopic (exact) mass is 164 g/mol. The fourth-order valence-electron chi connectivity index (χ4n) is 0.883. The maximum atomic E-state index is 10.5. The van der Waals surface area contributed by atoms with Gasteiger partial charge >= 0.3 is 0 Å². The van der Waals surface area contributed by atoms with Gasteiger partial charge in [-0.2, -0.15) is 0 Å². The van der Waals surface area contributed by atoms with E-state index in [4.69, 9.17) is 0 Å². The Morgan fingerprint density at radius 2 is 2.17 bits per heavy atom. The second-order valence-electron chi connectivity index (χ2n) is 2.68. The fourth-order valence-corrected chi connectivity index (χ4v) is 0.883. The highest BCUT2D eigenvalue weighted by Gasteiger charge is 1.91. The van der Waals surface area contributed by atoms with Crippen molar-refractivity contribution < 1.29 is 4.79 Å². The molecule has 0 unspecified atom stereocenters. The molecule has 0 aliphatic rings. The van der Waals surface area contributed by atoms with Gasteiger partial charge in [0, 0.05) is 6.92 Å². The Bertz CT molecular complexity index is 284. The number of amides is 1. The van der Waals surface area contributed by atoms with Gasteiger partial charge in [-0.1, -0.05) is 12.1 Å². The van der Waals surface area contributed by atoms with Crippen LogP contribution in [0.15, 0.2) is 24.3 Å². The molecule has 0 atom stereocenters. The average molecular weight is 164 g/mol. The van der Waals surface area contributed by atoms with Gasteiger partial charge in [0.25, 0.3) is 0 Å². The second kappa shape index (κ2) is 3.76. The predicted molar refractivity (Wildman–Crippen MR) is 48.6 cm³/mol. The Hall–Kier alpha value is -1.51. The third kappa shape index (κ3) is 2.62. The Morgan fingerprint density at radius 1 is 1.42 bits per heavy atom. The van der Waals surface area contributed by atoms with Crippen LogP contribution in [-0.2, 0) is 4.79 Å². The molecule has 0 fully saturated rings. The molecule has 3 nitrogen and oxygen atoms in total. The van der Waals surface area contributed by atoms with Crippen LogP contribution in [0.3, 0.4) is 0 Å². The van der Waals surface area contributed by atoms with Gasteiger partial charge in [-0.3, -0.25) is 15.6 Å². The van der Waals surface area contributed by atoms with Crippen molar-refractivity contribution in [3.8, 4) is 0 Å². The summed E-state index contributed by atoms with van der Waals surface area (Å²) in [5.74, 6) is -0.100. The minimum Gasteiger partial charge on any atom is -0.299 e. The molecular weight excluding hydrogens is 152 g/mol. The zero-order chi connectivity index (χ0) is 8.97. The topological polar surface area (TPSA) is 41.1 Å². The summed E-state index contributed by atoms with van der Waals surface area (Å²) >= 11 is 0. The first-order valence-electron chi connectivity index (χ1n) is 3.78. The van der Waals surface area contributed by atoms with Crippen molar-refractivity contribution in [3.05, 3.63) is 29.8 Å². The van der Waals surface area contributed by atoms with Crippen LogP contribution in [0, 0.1) is 6.92 Å². The Labute approximate surface area is 71.8 Å². The molecule has 3 heteroatoms. The first-order valence-corrected chi connectivity index (χ1v) is 3.78. The summed E-state index contributed by atoms with van der Waals surface area (Å²) < 4.78 is 0. The van der Waals surface area contributed by atoms with Crippen LogP contribution >= 0.6 is 0 Å². The summed E-state index contributed by atoms with van der Waals surface area (Å²) in [5.41, 5.74) is 7.34. The number of benzene rings is 1. The molecule has 1 aromatic rings. The van der Waals surface area contributed by atoms with Crippen molar-refractivity contribution in [1.29, 1.82) is 0 Å². The van der Waals surface area contributed by atoms with E-state index in [2.05, 4.69) is 10.9 Å². The Kier molecular flexibility index (Phi) is 2.69. The number of nitrogens with one attached hydrogen (secondary N) is 2. The highest BCUT2D eigenvalue weighted by molar-refractivity contribution is 5.74. The lowest BCUT2D eigenvalue weighted by Gasteiger charge is -2.05. The minimum atomic E-state index is -0.100. The molecule has 0 aliphatic heterocycles. The van der Waals surface area contributed by atoms with E-state index in [1.165, 1.54) is 6.92 Å². The van der Waals surface area contributed by atoms with Gasteiger partial charge in [0.1, 0.15) is 0 Å². The van der Waals surface area contributed by atoms with Crippen LogP contribution in [0.4, 0.5) is 5.69 Å². The van der Waals surface area contributed by atoms with E-state index in [1.807, 2.05) is 31.2 Å². The molecule has 1 rings (SSSR count). The number of hydrogen-bond donors (Lipinski definition) is 2. The number of anilines is 1. The van der Waals surface area contributed by atoms with Crippen molar-refractivity contribution in [2.75, 3.05) is 5.43 Å². The molecule has 0 radical (unpaired) electrons. The van der Waals surface area contributed by atoms with Gasteiger partial charge in [0.2, 0.25) is 5.91 Å². The zero-order valence-corrected chi connectivity index (χ0v) is 7.22. The Balaban J connectivity index is 2.57. The summed E-state index contributed by atoms with van der Waals surface area (Å²) in [5, 5.41) is 0. The summed E-state index contributed by atoms with van der Waals surface area (Å²) in [4.78, 5) is 10.5. The van der Waals surface area contributed by atoms with Crippen LogP contribution in [0.1, 0.15) is 12.5 Å². The van der Waals surface area contributed by atoms with E-state index in [-0.39, 0.29) is 5.91 Å². The molecule has 0 aromatic heterocycles. The number of aryl methyl sites for hydroxylation is 1. The lowest BCUT2D eigenvalue weighted by atomic mass is 10.2. The largest absolute Gasteiger partial charge is 0.299 e. The van der Waals surface area contributed by atoms with E-state index in [0.717, 1.165) is 11.3 Å². The summed E-state index contributed by atoms with van der Waals surface area (Å²) in [7, 11) is 0. The van der Waals surface area contributed by atoms with E-state index < -0.39 is 0 Å². The van der Waals surface area contributed by atoms with Crippen LogP contribution < -0.4 is 10.9 Å². The third-order valence-electron chi connectivity index (χ3n) is 1.40. The maximum Gasteiger partial charge on any atom is 0.235 e. The number of hydrazine groups is 1. The fraction of sp³-hybridized carbons (Fsp3) is 0.222. The Morgan fingerprint density at radius 3 is 2.75 bits per heavy atom. The predicted octanol–water partition coefficient (Wildman–Crippen LogP) is 1.46. The average Bonchev–Trinajstić information content (AvgIpc) is 2.01. The van der Waals surface area contributed by atoms with Crippen molar-refractivity contribution in [2.24, 2.45) is 0 Å². The zero-order valence-electron chi connectivity index (χ0n) is 7.22. The molecule has 64 valence electrons. The third-order valence-corrected chi connectivity index (χ3v) is 1.40. The second-order valence-corrected chi connectivity index (χ2v) is 2.68. The van der Waals surface area contributed by atoms with E-state index >= 15 is 0 Å². The van der Waals surface area contributed by atoms with E-state index in [1.54, 1.807) is 0 Å². The van der Waals surface area contributed by atoms with Crippen molar-refractivity contribution in [1.82, 2.24) is 5.43 Å². The summed E-state index contributed by atoms with van der Waals surface area (Å²) in [6, 6.07) is 7.78. The molecule has 0 aliphatic carbocycles. The molecule has 1 amide bonds. The van der Waals surface area contributed by atoms with Crippen molar-refractivity contribution >= 4 is 11.6 Å². The molecule has 0 bridgehead atoms. The van der Waals surface area contributed by atoms with Crippen LogP contribution in [0.25, 0.3) is 0 Å². The van der Waals surface area contributed by atoms with Gasteiger partial charge in [-0.15, -0.1) is 0 Å². The lowest BCUT2D eigenvalue weighted by molar-refractivity contribution is -0.118. The lowest BCUT2D eigenvalue weighted by Crippen LogP contribution is -2.26. The molecule has 0 saturated carbocycles. The summed E-state index contributed by atoms with van der Waals surface area (Å²) in [6.07, 6.45) is 0. The highest BCUT2D eigenvalue weighted by atomic mass is 16.2. The van der Waals surface area contributed by atoms with E-state index in [0.29, 0.717) is 0 Å². The summed E-state index contributed by atoms with van der Waals surface area (Å²) in [6.45, 7) is 3.46. The molecular formula is C9H12N2O. The minimum absolute atomic E-state index is 0.100. The van der Waals surface area contributed by atoms with Gasteiger partial charge in [0.15, 0.2) is 0 Å². The number of rotatable bonds is 2. The van der Waals surface area contributed by atoms with Gasteiger partial charge in [0.05, 0.1) is 5.69 Å². The molecule has 2 N–H and O–H groups in total. The smallest absolute Gasteiger partial charge is 0.235 e. The quantitative estimate of drug-likeness (QED) is 0.650. The van der Waals surface area contributed by atoms with Crippen LogP contribution in [0.2, 0.25) is 0 Å². The molecule has 0 saturated heterocycles. The van der Waals surface area contributed by atoms with Gasteiger partial charge in [-0.25, -0.2) is 0 Å². The van der Waals surface area contributed by atoms with Crippen molar-refractivity contribution in [3.63, 3.8) is 0 Å². The number of carbonyl (C=O) groups is 1. The maximum absolute atomic E-state index is 10.5. The van der Waals surface area contributed by atoms with Gasteiger partial charge in [-0.05, 0) is 24.6 Å². The molecule has 1 aromatic carbocycles. The van der Waals surface area contributed by atoms with Crippen LogP contribution in [-0.4, -0.2) is 5.91 Å². The first kappa shape index (κ1) is 8.59. The molecule has 0 heterocycles. The first-order chi connectivity index (χ1) is 5.68. The SMILES string of the molecule is CC(=O)NNc1cccc(C)c1. The number of carbonyl (C=O) groups excluding carboxylic acids is 1. The van der Waals surface area contributed by atoms with Crippen LogP contribution in [0.5, 0.6) is 0 Å². The van der Waals surface area contributed by atoms with E-state index in [9.17, 15) is 4.79 Å². The normalized spacial score (nSPS) is 9.17. The standard InChI is InChI=1S/C9H12N2O/c1-7-4-3-5-9(6-7)11-10-8(2)12/h3-6,11H,1-2H3,(H,10,12). The molecule has 12 heavy (non-hydrogen) atoms. The molecule has 0 spiro atoms. The number of hydrogen-bond acceptors (Lipinski definition) is 2. The van der Waals surface area contributed by atoms with Crippen molar-refractivity contribution in [2.45, 2.75) is 13.8 Å². The highest BCUT2D eigenvalue weighted by Crippen LogP contribution is 2.07.